The van der Waals surface area contributed by atoms with Crippen LogP contribution in [0.15, 0.2) is 60.7 Å². The lowest BCUT2D eigenvalue weighted by Gasteiger charge is -2.12. The fourth-order valence-electron chi connectivity index (χ4n) is 2.76. The Bertz CT molecular complexity index is 1170. The average molecular weight is 435 g/mol. The molecule has 0 saturated carbocycles. The van der Waals surface area contributed by atoms with E-state index in [1.165, 1.54) is 0 Å². The molecule has 0 amide bonds. The first-order valence-corrected chi connectivity index (χ1v) is 9.66. The van der Waals surface area contributed by atoms with Crippen molar-refractivity contribution < 1.29 is 9.47 Å². The molecule has 0 aliphatic heterocycles. The van der Waals surface area contributed by atoms with Gasteiger partial charge in [0, 0.05) is 15.6 Å². The van der Waals surface area contributed by atoms with Crippen molar-refractivity contribution in [2.45, 2.75) is 6.61 Å². The number of rotatable bonds is 6. The molecule has 0 N–H and O–H groups in total. The van der Waals surface area contributed by atoms with Crippen LogP contribution in [-0.4, -0.2) is 7.11 Å². The Morgan fingerprint density at radius 2 is 1.73 bits per heavy atom. The summed E-state index contributed by atoms with van der Waals surface area (Å²) in [7, 11) is 1.55. The van der Waals surface area contributed by atoms with E-state index in [2.05, 4.69) is 12.1 Å². The highest BCUT2D eigenvalue weighted by Gasteiger charge is 2.09. The van der Waals surface area contributed by atoms with E-state index in [-0.39, 0.29) is 6.61 Å². The summed E-state index contributed by atoms with van der Waals surface area (Å²) < 4.78 is 11.3. The third kappa shape index (κ3) is 5.13. The van der Waals surface area contributed by atoms with Gasteiger partial charge in [0.2, 0.25) is 0 Å². The third-order valence-electron chi connectivity index (χ3n) is 4.34. The van der Waals surface area contributed by atoms with Crippen LogP contribution in [-0.2, 0) is 6.61 Å². The van der Waals surface area contributed by atoms with E-state index >= 15 is 0 Å². The molecule has 3 rings (SSSR count). The smallest absolute Gasteiger partial charge is 0.161 e. The predicted molar refractivity (Wildman–Crippen MR) is 118 cm³/mol. The minimum atomic E-state index is 0.260. The van der Waals surface area contributed by atoms with Gasteiger partial charge in [-0.3, -0.25) is 0 Å². The van der Waals surface area contributed by atoms with Crippen molar-refractivity contribution in [1.82, 2.24) is 0 Å². The van der Waals surface area contributed by atoms with Crippen LogP contribution in [0.5, 0.6) is 11.5 Å². The molecule has 0 aromatic heterocycles. The van der Waals surface area contributed by atoms with Gasteiger partial charge in [-0.15, -0.1) is 0 Å². The Kier molecular flexibility index (Phi) is 6.99. The quantitative estimate of drug-likeness (QED) is 0.327. The first kappa shape index (κ1) is 21.3. The Morgan fingerprint density at radius 3 is 2.37 bits per heavy atom. The molecule has 3 aromatic rings. The highest BCUT2D eigenvalue weighted by molar-refractivity contribution is 6.35. The SMILES string of the molecule is COc1cc(C=C(C#N)c2ccc(C#N)cc2)ccc1OCc1ccc(Cl)cc1Cl. The highest BCUT2D eigenvalue weighted by Crippen LogP contribution is 2.31. The molecule has 0 saturated heterocycles. The molecule has 0 fully saturated rings. The van der Waals surface area contributed by atoms with Gasteiger partial charge in [0.1, 0.15) is 6.61 Å². The molecule has 0 heterocycles. The number of methoxy groups -OCH3 is 1. The minimum absolute atomic E-state index is 0.260. The maximum Gasteiger partial charge on any atom is 0.161 e. The number of nitrogens with zero attached hydrogens (tertiary/aromatic N) is 2. The first-order valence-electron chi connectivity index (χ1n) is 8.91. The maximum atomic E-state index is 9.54. The van der Waals surface area contributed by atoms with Crippen molar-refractivity contribution in [2.24, 2.45) is 0 Å². The molecule has 0 radical (unpaired) electrons. The molecule has 6 heteroatoms. The topological polar surface area (TPSA) is 66.0 Å². The molecule has 3 aromatic carbocycles. The lowest BCUT2D eigenvalue weighted by molar-refractivity contribution is 0.284. The van der Waals surface area contributed by atoms with Gasteiger partial charge in [0.05, 0.1) is 30.4 Å². The van der Waals surface area contributed by atoms with Gasteiger partial charge in [-0.05, 0) is 53.6 Å². The number of hydrogen-bond acceptors (Lipinski definition) is 4. The van der Waals surface area contributed by atoms with E-state index in [1.807, 2.05) is 12.1 Å². The number of benzene rings is 3. The molecule has 4 nitrogen and oxygen atoms in total. The number of allylic oxidation sites excluding steroid dienone is 1. The molecular formula is C24H16Cl2N2O2. The van der Waals surface area contributed by atoms with Gasteiger partial charge < -0.3 is 9.47 Å². The molecule has 0 unspecified atom stereocenters. The van der Waals surface area contributed by atoms with Gasteiger partial charge in [-0.2, -0.15) is 10.5 Å². The van der Waals surface area contributed by atoms with Gasteiger partial charge in [0.25, 0.3) is 0 Å². The van der Waals surface area contributed by atoms with E-state index in [4.69, 9.17) is 37.9 Å². The van der Waals surface area contributed by atoms with Crippen LogP contribution in [0, 0.1) is 22.7 Å². The maximum absolute atomic E-state index is 9.54. The van der Waals surface area contributed by atoms with Gasteiger partial charge in [0.15, 0.2) is 11.5 Å². The van der Waals surface area contributed by atoms with Crippen molar-refractivity contribution in [1.29, 1.82) is 10.5 Å². The first-order chi connectivity index (χ1) is 14.5. The Labute approximate surface area is 185 Å². The van der Waals surface area contributed by atoms with Crippen molar-refractivity contribution in [2.75, 3.05) is 7.11 Å². The number of hydrogen-bond donors (Lipinski definition) is 0. The Morgan fingerprint density at radius 1 is 0.967 bits per heavy atom. The molecule has 0 aliphatic rings. The predicted octanol–water partition coefficient (Wildman–Crippen LogP) is 6.52. The molecule has 148 valence electrons. The van der Waals surface area contributed by atoms with Crippen LogP contribution in [0.4, 0.5) is 0 Å². The number of ether oxygens (including phenoxy) is 2. The van der Waals surface area contributed by atoms with Crippen molar-refractivity contribution in [3.8, 4) is 23.6 Å². The second-order valence-corrected chi connectivity index (χ2v) is 7.14. The summed E-state index contributed by atoms with van der Waals surface area (Å²) in [6.45, 7) is 0.260. The summed E-state index contributed by atoms with van der Waals surface area (Å²) in [6, 6.07) is 21.8. The summed E-state index contributed by atoms with van der Waals surface area (Å²) in [4.78, 5) is 0. The summed E-state index contributed by atoms with van der Waals surface area (Å²) in [5, 5.41) is 19.6. The van der Waals surface area contributed by atoms with Gasteiger partial charge in [-0.25, -0.2) is 0 Å². The highest BCUT2D eigenvalue weighted by atomic mass is 35.5. The van der Waals surface area contributed by atoms with E-state index in [1.54, 1.807) is 61.7 Å². The minimum Gasteiger partial charge on any atom is -0.493 e. The molecular weight excluding hydrogens is 419 g/mol. The van der Waals surface area contributed by atoms with E-state index in [0.717, 1.165) is 16.7 Å². The van der Waals surface area contributed by atoms with Crippen LogP contribution in [0.1, 0.15) is 22.3 Å². The monoisotopic (exact) mass is 434 g/mol. The van der Waals surface area contributed by atoms with Crippen LogP contribution >= 0.6 is 23.2 Å². The van der Waals surface area contributed by atoms with Crippen molar-refractivity contribution in [3.05, 3.63) is 93.0 Å². The fourth-order valence-corrected chi connectivity index (χ4v) is 3.22. The van der Waals surface area contributed by atoms with Crippen LogP contribution in [0.2, 0.25) is 10.0 Å². The fraction of sp³-hybridized carbons (Fsp3) is 0.0833. The van der Waals surface area contributed by atoms with E-state index < -0.39 is 0 Å². The van der Waals surface area contributed by atoms with Crippen molar-refractivity contribution >= 4 is 34.9 Å². The summed E-state index contributed by atoms with van der Waals surface area (Å²) in [6.07, 6.45) is 1.75. The summed E-state index contributed by atoms with van der Waals surface area (Å²) in [5.41, 5.74) is 3.33. The molecule has 0 aliphatic carbocycles. The standard InChI is InChI=1S/C24H16Cl2N2O2/c1-29-24-11-17(10-20(14-28)18-5-2-16(13-27)3-6-18)4-9-23(24)30-15-19-7-8-21(25)12-22(19)26/h2-12H,15H2,1H3. The molecule has 0 spiro atoms. The summed E-state index contributed by atoms with van der Waals surface area (Å²) >= 11 is 12.1. The van der Waals surface area contributed by atoms with Crippen molar-refractivity contribution in [3.63, 3.8) is 0 Å². The molecule has 0 bridgehead atoms. The van der Waals surface area contributed by atoms with Gasteiger partial charge >= 0.3 is 0 Å². The lowest BCUT2D eigenvalue weighted by Crippen LogP contribution is -1.98. The van der Waals surface area contributed by atoms with Crippen LogP contribution in [0.3, 0.4) is 0 Å². The van der Waals surface area contributed by atoms with Gasteiger partial charge in [-0.1, -0.05) is 47.5 Å². The second kappa shape index (κ2) is 9.85. The molecule has 0 atom stereocenters. The average Bonchev–Trinajstić information content (AvgIpc) is 2.77. The zero-order valence-corrected chi connectivity index (χ0v) is 17.5. The summed E-state index contributed by atoms with van der Waals surface area (Å²) in [5.74, 6) is 1.09. The third-order valence-corrected chi connectivity index (χ3v) is 4.93. The number of nitriles is 2. The number of halogens is 2. The lowest BCUT2D eigenvalue weighted by atomic mass is 10.0. The normalized spacial score (nSPS) is 10.8. The zero-order valence-electron chi connectivity index (χ0n) is 16.0. The van der Waals surface area contributed by atoms with Crippen LogP contribution in [0.25, 0.3) is 11.6 Å². The van der Waals surface area contributed by atoms with E-state index in [9.17, 15) is 5.26 Å². The Hall–Kier alpha value is -3.44. The molecule has 30 heavy (non-hydrogen) atoms. The largest absolute Gasteiger partial charge is 0.493 e. The van der Waals surface area contributed by atoms with Crippen LogP contribution < -0.4 is 9.47 Å². The Balaban J connectivity index is 1.82. The second-order valence-electron chi connectivity index (χ2n) is 6.29. The van der Waals surface area contributed by atoms with E-state index in [0.29, 0.717) is 32.7 Å². The zero-order chi connectivity index (χ0) is 21.5.